The molecular formula is C22H18Cl2N4O2. The zero-order chi connectivity index (χ0) is 21.3. The summed E-state index contributed by atoms with van der Waals surface area (Å²) in [7, 11) is 0. The summed E-state index contributed by atoms with van der Waals surface area (Å²) in [4.78, 5) is 7.84. The predicted octanol–water partition coefficient (Wildman–Crippen LogP) is 6.22. The summed E-state index contributed by atoms with van der Waals surface area (Å²) in [5.74, 6) is 3.54. The standard InChI is InChI=1S/2C11H9ClN2O/c2*12-8-2-1-3-9(6-8)15-10-4-5-11(13)14-7-10/h2*1-7H,(H2,13,14). The Bertz CT molecular complexity index is 1000. The molecule has 2 aromatic heterocycles. The van der Waals surface area contributed by atoms with Gasteiger partial charge in [-0.1, -0.05) is 35.3 Å². The maximum Gasteiger partial charge on any atom is 0.145 e. The zero-order valence-corrected chi connectivity index (χ0v) is 17.2. The number of rotatable bonds is 4. The number of aromatic nitrogens is 2. The van der Waals surface area contributed by atoms with Crippen molar-refractivity contribution in [3.63, 3.8) is 0 Å². The lowest BCUT2D eigenvalue weighted by molar-refractivity contribution is 0.480. The molecule has 4 N–H and O–H groups in total. The van der Waals surface area contributed by atoms with Crippen molar-refractivity contribution in [2.45, 2.75) is 0 Å². The quantitative estimate of drug-likeness (QED) is 0.390. The first kappa shape index (κ1) is 21.2. The molecular weight excluding hydrogens is 423 g/mol. The Hall–Kier alpha value is -3.48. The normalized spacial score (nSPS) is 9.93. The van der Waals surface area contributed by atoms with E-state index >= 15 is 0 Å². The van der Waals surface area contributed by atoms with Crippen molar-refractivity contribution in [1.82, 2.24) is 9.97 Å². The molecule has 0 bridgehead atoms. The molecule has 0 radical (unpaired) electrons. The Labute approximate surface area is 184 Å². The van der Waals surface area contributed by atoms with E-state index in [9.17, 15) is 0 Å². The van der Waals surface area contributed by atoms with Gasteiger partial charge in [-0.15, -0.1) is 0 Å². The van der Waals surface area contributed by atoms with Gasteiger partial charge in [0.2, 0.25) is 0 Å². The Morgan fingerprint density at radius 2 is 1.00 bits per heavy atom. The number of nitrogen functional groups attached to an aromatic ring is 2. The Balaban J connectivity index is 0.000000171. The van der Waals surface area contributed by atoms with E-state index in [2.05, 4.69) is 9.97 Å². The summed E-state index contributed by atoms with van der Waals surface area (Å²) in [6.07, 6.45) is 3.13. The second kappa shape index (κ2) is 10.3. The summed E-state index contributed by atoms with van der Waals surface area (Å²) < 4.78 is 11.0. The average molecular weight is 441 g/mol. The van der Waals surface area contributed by atoms with Gasteiger partial charge in [-0.05, 0) is 60.7 Å². The molecule has 2 aromatic carbocycles. The van der Waals surface area contributed by atoms with E-state index in [1.54, 1.807) is 60.9 Å². The van der Waals surface area contributed by atoms with Gasteiger partial charge in [0.1, 0.15) is 34.6 Å². The third-order valence-electron chi connectivity index (χ3n) is 3.58. The van der Waals surface area contributed by atoms with Crippen LogP contribution >= 0.6 is 23.2 Å². The maximum atomic E-state index is 5.82. The first-order valence-corrected chi connectivity index (χ1v) is 9.53. The molecule has 0 atom stereocenters. The van der Waals surface area contributed by atoms with Crippen molar-refractivity contribution >= 4 is 34.8 Å². The number of ether oxygens (including phenoxy) is 2. The van der Waals surface area contributed by atoms with Gasteiger partial charge in [-0.2, -0.15) is 0 Å². The fraction of sp³-hybridized carbons (Fsp3) is 0. The topological polar surface area (TPSA) is 96.3 Å². The van der Waals surface area contributed by atoms with E-state index in [4.69, 9.17) is 44.1 Å². The van der Waals surface area contributed by atoms with Crippen LogP contribution in [0.5, 0.6) is 23.0 Å². The number of nitrogens with zero attached hydrogens (tertiary/aromatic N) is 2. The lowest BCUT2D eigenvalue weighted by atomic mass is 10.3. The van der Waals surface area contributed by atoms with E-state index in [1.807, 2.05) is 24.3 Å². The molecule has 0 aliphatic carbocycles. The summed E-state index contributed by atoms with van der Waals surface area (Å²) in [6, 6.07) is 21.2. The number of anilines is 2. The molecule has 152 valence electrons. The minimum absolute atomic E-state index is 0.466. The molecule has 0 unspecified atom stereocenters. The first-order chi connectivity index (χ1) is 14.5. The van der Waals surface area contributed by atoms with Gasteiger partial charge in [0.05, 0.1) is 12.4 Å². The van der Waals surface area contributed by atoms with Crippen LogP contribution in [0.15, 0.2) is 85.2 Å². The van der Waals surface area contributed by atoms with Crippen LogP contribution in [-0.2, 0) is 0 Å². The van der Waals surface area contributed by atoms with Gasteiger partial charge in [-0.25, -0.2) is 9.97 Å². The smallest absolute Gasteiger partial charge is 0.145 e. The summed E-state index contributed by atoms with van der Waals surface area (Å²) in [6.45, 7) is 0. The molecule has 2 heterocycles. The number of halogens is 2. The van der Waals surface area contributed by atoms with Crippen LogP contribution in [0.2, 0.25) is 10.0 Å². The zero-order valence-electron chi connectivity index (χ0n) is 15.7. The lowest BCUT2D eigenvalue weighted by Crippen LogP contribution is -1.90. The van der Waals surface area contributed by atoms with Crippen LogP contribution in [0.1, 0.15) is 0 Å². The average Bonchev–Trinajstić information content (AvgIpc) is 2.72. The van der Waals surface area contributed by atoms with E-state index in [1.165, 1.54) is 0 Å². The second-order valence-electron chi connectivity index (χ2n) is 5.96. The fourth-order valence-electron chi connectivity index (χ4n) is 2.24. The van der Waals surface area contributed by atoms with Gasteiger partial charge in [-0.3, -0.25) is 0 Å². The number of pyridine rings is 2. The Kier molecular flexibility index (Phi) is 7.32. The van der Waals surface area contributed by atoms with Gasteiger partial charge in [0, 0.05) is 10.0 Å². The number of hydrogen-bond acceptors (Lipinski definition) is 6. The van der Waals surface area contributed by atoms with Crippen molar-refractivity contribution in [1.29, 1.82) is 0 Å². The van der Waals surface area contributed by atoms with Crippen molar-refractivity contribution in [2.75, 3.05) is 11.5 Å². The molecule has 4 aromatic rings. The highest BCUT2D eigenvalue weighted by Crippen LogP contribution is 2.24. The molecule has 8 heteroatoms. The monoisotopic (exact) mass is 440 g/mol. The Morgan fingerprint density at radius 1 is 0.567 bits per heavy atom. The fourth-order valence-corrected chi connectivity index (χ4v) is 2.60. The van der Waals surface area contributed by atoms with Crippen molar-refractivity contribution < 1.29 is 9.47 Å². The van der Waals surface area contributed by atoms with Gasteiger partial charge in [0.15, 0.2) is 0 Å². The molecule has 0 aliphatic heterocycles. The van der Waals surface area contributed by atoms with Crippen LogP contribution in [0.25, 0.3) is 0 Å². The Morgan fingerprint density at radius 3 is 1.33 bits per heavy atom. The summed E-state index contributed by atoms with van der Waals surface area (Å²) >= 11 is 11.6. The number of benzene rings is 2. The second-order valence-corrected chi connectivity index (χ2v) is 6.83. The van der Waals surface area contributed by atoms with Crippen molar-refractivity contribution in [2.24, 2.45) is 0 Å². The highest BCUT2D eigenvalue weighted by atomic mass is 35.5. The molecule has 0 fully saturated rings. The van der Waals surface area contributed by atoms with E-state index in [-0.39, 0.29) is 0 Å². The highest BCUT2D eigenvalue weighted by Gasteiger charge is 1.99. The molecule has 6 nitrogen and oxygen atoms in total. The maximum absolute atomic E-state index is 5.82. The van der Waals surface area contributed by atoms with Crippen LogP contribution in [0.3, 0.4) is 0 Å². The van der Waals surface area contributed by atoms with E-state index < -0.39 is 0 Å². The molecule has 0 saturated heterocycles. The van der Waals surface area contributed by atoms with Crippen molar-refractivity contribution in [3.8, 4) is 23.0 Å². The van der Waals surface area contributed by atoms with Crippen LogP contribution in [0.4, 0.5) is 11.6 Å². The number of hydrogen-bond donors (Lipinski definition) is 2. The summed E-state index contributed by atoms with van der Waals surface area (Å²) in [5, 5.41) is 1.27. The highest BCUT2D eigenvalue weighted by molar-refractivity contribution is 6.31. The molecule has 0 saturated carbocycles. The third kappa shape index (κ3) is 6.84. The largest absolute Gasteiger partial charge is 0.456 e. The third-order valence-corrected chi connectivity index (χ3v) is 4.05. The van der Waals surface area contributed by atoms with Gasteiger partial charge in [0.25, 0.3) is 0 Å². The first-order valence-electron chi connectivity index (χ1n) is 8.78. The van der Waals surface area contributed by atoms with Gasteiger partial charge < -0.3 is 20.9 Å². The molecule has 0 aliphatic rings. The van der Waals surface area contributed by atoms with Gasteiger partial charge >= 0.3 is 0 Å². The number of nitrogens with two attached hydrogens (primary N) is 2. The molecule has 4 rings (SSSR count). The molecule has 0 spiro atoms. The van der Waals surface area contributed by atoms with E-state index in [0.29, 0.717) is 44.7 Å². The van der Waals surface area contributed by atoms with E-state index in [0.717, 1.165) is 0 Å². The van der Waals surface area contributed by atoms with Crippen LogP contribution in [-0.4, -0.2) is 9.97 Å². The van der Waals surface area contributed by atoms with Crippen molar-refractivity contribution in [3.05, 3.63) is 95.2 Å². The predicted molar refractivity (Wildman–Crippen MR) is 120 cm³/mol. The lowest BCUT2D eigenvalue weighted by Gasteiger charge is -2.05. The minimum Gasteiger partial charge on any atom is -0.456 e. The summed E-state index contributed by atoms with van der Waals surface area (Å²) in [5.41, 5.74) is 10.9. The molecule has 0 amide bonds. The van der Waals surface area contributed by atoms with Crippen LogP contribution < -0.4 is 20.9 Å². The minimum atomic E-state index is 0.466. The SMILES string of the molecule is Nc1ccc(Oc2cccc(Cl)c2)cn1.Nc1ccc(Oc2cccc(Cl)c2)cn1. The molecule has 30 heavy (non-hydrogen) atoms. The van der Waals surface area contributed by atoms with Crippen LogP contribution in [0, 0.1) is 0 Å².